The van der Waals surface area contributed by atoms with Gasteiger partial charge in [-0.2, -0.15) is 0 Å². The number of aromatic nitrogens is 2. The minimum Gasteiger partial charge on any atom is -0.399 e. The van der Waals surface area contributed by atoms with Crippen molar-refractivity contribution in [2.45, 2.75) is 9.92 Å². The molecule has 0 fully saturated rings. The molecule has 2 aromatic rings. The summed E-state index contributed by atoms with van der Waals surface area (Å²) in [5.74, 6) is 0. The number of rotatable bonds is 2. The first-order chi connectivity index (χ1) is 7.25. The van der Waals surface area contributed by atoms with Crippen LogP contribution in [-0.4, -0.2) is 9.97 Å². The van der Waals surface area contributed by atoms with Crippen molar-refractivity contribution in [2.75, 3.05) is 5.73 Å². The molecule has 1 aromatic heterocycles. The van der Waals surface area contributed by atoms with Crippen LogP contribution < -0.4 is 5.73 Å². The molecular formula is C10H8ClN3S. The van der Waals surface area contributed by atoms with Crippen molar-refractivity contribution >= 4 is 29.1 Å². The summed E-state index contributed by atoms with van der Waals surface area (Å²) in [5, 5.41) is 1.30. The minimum atomic E-state index is 0.555. The molecule has 1 aromatic carbocycles. The van der Waals surface area contributed by atoms with Gasteiger partial charge in [0, 0.05) is 10.6 Å². The second-order valence-corrected chi connectivity index (χ2v) is 4.32. The lowest BCUT2D eigenvalue weighted by Crippen LogP contribution is -1.85. The summed E-state index contributed by atoms with van der Waals surface area (Å²) < 4.78 is 0. The minimum absolute atomic E-state index is 0.555. The van der Waals surface area contributed by atoms with E-state index in [1.165, 1.54) is 18.1 Å². The summed E-state index contributed by atoms with van der Waals surface area (Å²) in [5.41, 5.74) is 6.33. The third kappa shape index (κ3) is 2.61. The van der Waals surface area contributed by atoms with E-state index in [9.17, 15) is 0 Å². The van der Waals surface area contributed by atoms with Crippen molar-refractivity contribution in [2.24, 2.45) is 0 Å². The molecule has 0 aliphatic rings. The van der Waals surface area contributed by atoms with Gasteiger partial charge in [-0.25, -0.2) is 9.97 Å². The van der Waals surface area contributed by atoms with Crippen molar-refractivity contribution in [3.8, 4) is 0 Å². The number of nitrogens with zero attached hydrogens (tertiary/aromatic N) is 2. The predicted octanol–water partition coefficient (Wildman–Crippen LogP) is 2.86. The third-order valence-electron chi connectivity index (χ3n) is 1.73. The van der Waals surface area contributed by atoms with Crippen LogP contribution in [0.3, 0.4) is 0 Å². The fourth-order valence-corrected chi connectivity index (χ4v) is 1.99. The lowest BCUT2D eigenvalue weighted by atomic mass is 10.3. The SMILES string of the molecule is Nc1ccc(Sc2ncncc2Cl)cc1. The summed E-state index contributed by atoms with van der Waals surface area (Å²) in [7, 11) is 0. The Labute approximate surface area is 96.7 Å². The van der Waals surface area contributed by atoms with Gasteiger partial charge in [0.15, 0.2) is 0 Å². The molecule has 0 bridgehead atoms. The van der Waals surface area contributed by atoms with E-state index in [2.05, 4.69) is 9.97 Å². The summed E-state index contributed by atoms with van der Waals surface area (Å²) in [6, 6.07) is 7.55. The molecule has 0 saturated heterocycles. The topological polar surface area (TPSA) is 51.8 Å². The second-order valence-electron chi connectivity index (χ2n) is 2.85. The van der Waals surface area contributed by atoms with Crippen LogP contribution in [0.1, 0.15) is 0 Å². The Kier molecular flexibility index (Phi) is 3.08. The van der Waals surface area contributed by atoms with Crippen LogP contribution in [0.4, 0.5) is 5.69 Å². The first-order valence-corrected chi connectivity index (χ1v) is 5.44. The first-order valence-electron chi connectivity index (χ1n) is 4.24. The normalized spacial score (nSPS) is 10.2. The molecule has 3 nitrogen and oxygen atoms in total. The summed E-state index contributed by atoms with van der Waals surface area (Å²) in [6.07, 6.45) is 3.06. The van der Waals surface area contributed by atoms with Crippen molar-refractivity contribution in [1.82, 2.24) is 9.97 Å². The maximum absolute atomic E-state index is 5.93. The zero-order valence-electron chi connectivity index (χ0n) is 7.72. The fraction of sp³-hybridized carbons (Fsp3) is 0. The number of benzene rings is 1. The maximum Gasteiger partial charge on any atom is 0.123 e. The quantitative estimate of drug-likeness (QED) is 0.645. The van der Waals surface area contributed by atoms with E-state index in [1.807, 2.05) is 24.3 Å². The Balaban J connectivity index is 2.22. The highest BCUT2D eigenvalue weighted by Gasteiger charge is 2.03. The smallest absolute Gasteiger partial charge is 0.123 e. The number of nitrogen functional groups attached to an aromatic ring is 1. The van der Waals surface area contributed by atoms with Gasteiger partial charge in [-0.05, 0) is 24.3 Å². The lowest BCUT2D eigenvalue weighted by Gasteiger charge is -2.02. The van der Waals surface area contributed by atoms with Gasteiger partial charge < -0.3 is 5.73 Å². The Morgan fingerprint density at radius 2 is 1.93 bits per heavy atom. The zero-order valence-corrected chi connectivity index (χ0v) is 9.29. The lowest BCUT2D eigenvalue weighted by molar-refractivity contribution is 1.05. The van der Waals surface area contributed by atoms with Gasteiger partial charge in [0.05, 0.1) is 11.2 Å². The molecule has 1 heterocycles. The van der Waals surface area contributed by atoms with E-state index < -0.39 is 0 Å². The van der Waals surface area contributed by atoms with Crippen LogP contribution in [-0.2, 0) is 0 Å². The number of hydrogen-bond acceptors (Lipinski definition) is 4. The average molecular weight is 238 g/mol. The van der Waals surface area contributed by atoms with Gasteiger partial charge in [0.25, 0.3) is 0 Å². The Hall–Kier alpha value is -1.26. The van der Waals surface area contributed by atoms with Gasteiger partial charge in [-0.3, -0.25) is 0 Å². The molecule has 15 heavy (non-hydrogen) atoms. The molecule has 5 heteroatoms. The van der Waals surface area contributed by atoms with Gasteiger partial charge in [0.2, 0.25) is 0 Å². The number of hydrogen-bond donors (Lipinski definition) is 1. The Bertz CT molecular complexity index is 458. The molecule has 0 atom stereocenters. The van der Waals surface area contributed by atoms with Gasteiger partial charge in [-0.1, -0.05) is 23.4 Å². The highest BCUT2D eigenvalue weighted by molar-refractivity contribution is 7.99. The number of halogens is 1. The number of anilines is 1. The van der Waals surface area contributed by atoms with E-state index in [4.69, 9.17) is 17.3 Å². The fourth-order valence-electron chi connectivity index (χ4n) is 1.02. The molecule has 0 aliphatic carbocycles. The highest BCUT2D eigenvalue weighted by atomic mass is 35.5. The van der Waals surface area contributed by atoms with Gasteiger partial charge in [0.1, 0.15) is 11.4 Å². The predicted molar refractivity (Wildman–Crippen MR) is 62.0 cm³/mol. The van der Waals surface area contributed by atoms with Gasteiger partial charge >= 0.3 is 0 Å². The molecule has 76 valence electrons. The monoisotopic (exact) mass is 237 g/mol. The largest absolute Gasteiger partial charge is 0.399 e. The molecule has 0 radical (unpaired) electrons. The molecule has 0 amide bonds. The molecule has 2 rings (SSSR count). The third-order valence-corrected chi connectivity index (χ3v) is 3.14. The van der Waals surface area contributed by atoms with E-state index >= 15 is 0 Å². The highest BCUT2D eigenvalue weighted by Crippen LogP contribution is 2.30. The van der Waals surface area contributed by atoms with Crippen molar-refractivity contribution in [3.05, 3.63) is 41.8 Å². The van der Waals surface area contributed by atoms with Crippen LogP contribution >= 0.6 is 23.4 Å². The maximum atomic E-state index is 5.93. The van der Waals surface area contributed by atoms with Crippen LogP contribution in [0, 0.1) is 0 Å². The van der Waals surface area contributed by atoms with E-state index in [1.54, 1.807) is 6.20 Å². The molecule has 2 N–H and O–H groups in total. The zero-order chi connectivity index (χ0) is 10.7. The summed E-state index contributed by atoms with van der Waals surface area (Å²) >= 11 is 7.42. The average Bonchev–Trinajstić information content (AvgIpc) is 2.25. The first kappa shape index (κ1) is 10.3. The summed E-state index contributed by atoms with van der Waals surface area (Å²) in [6.45, 7) is 0. The standard InChI is InChI=1S/C10H8ClN3S/c11-9-5-13-6-14-10(9)15-8-3-1-7(12)2-4-8/h1-6H,12H2. The van der Waals surface area contributed by atoms with E-state index in [0.29, 0.717) is 5.02 Å². The Morgan fingerprint density at radius 3 is 2.60 bits per heavy atom. The second kappa shape index (κ2) is 4.51. The summed E-state index contributed by atoms with van der Waals surface area (Å²) in [4.78, 5) is 8.96. The van der Waals surface area contributed by atoms with Crippen molar-refractivity contribution in [3.63, 3.8) is 0 Å². The molecule has 0 saturated carbocycles. The van der Waals surface area contributed by atoms with Crippen LogP contribution in [0.2, 0.25) is 5.02 Å². The van der Waals surface area contributed by atoms with Crippen LogP contribution in [0.25, 0.3) is 0 Å². The van der Waals surface area contributed by atoms with E-state index in [-0.39, 0.29) is 0 Å². The molecule has 0 unspecified atom stereocenters. The van der Waals surface area contributed by atoms with E-state index in [0.717, 1.165) is 15.6 Å². The molecule has 0 aliphatic heterocycles. The van der Waals surface area contributed by atoms with Crippen molar-refractivity contribution < 1.29 is 0 Å². The van der Waals surface area contributed by atoms with Crippen LogP contribution in [0.5, 0.6) is 0 Å². The molecular weight excluding hydrogens is 230 g/mol. The molecule has 0 spiro atoms. The van der Waals surface area contributed by atoms with Crippen molar-refractivity contribution in [1.29, 1.82) is 0 Å². The number of nitrogens with two attached hydrogens (primary N) is 1. The Morgan fingerprint density at radius 1 is 1.20 bits per heavy atom. The van der Waals surface area contributed by atoms with Crippen LogP contribution in [0.15, 0.2) is 46.7 Å². The van der Waals surface area contributed by atoms with Gasteiger partial charge in [-0.15, -0.1) is 0 Å².